The number of ether oxygens (including phenoxy) is 2. The van der Waals surface area contributed by atoms with Gasteiger partial charge in [-0.1, -0.05) is 0 Å². The number of aromatic nitrogens is 5. The standard InChI is InChI=1S/C30H35N9O4/c1-3-43-30(41)37-13-10-24(11-14-37)39-28-25(18-32-39)27(38-15-16-42-19-20(38)2)35-26(36-28)21-6-8-22(9-7-21)33-29(40)34-23-5-4-12-31-17-23/h4-9,12,17-18,20,24H,3,10-11,13-16,19H2,1-2H3,(H2,33,34,40)/t20-/m1/s1. The van der Waals surface area contributed by atoms with Crippen molar-refractivity contribution in [3.05, 3.63) is 55.0 Å². The van der Waals surface area contributed by atoms with Crippen LogP contribution >= 0.6 is 0 Å². The number of piperidine rings is 1. The number of urea groups is 1. The lowest BCUT2D eigenvalue weighted by molar-refractivity contribution is 0.0919. The number of likely N-dealkylation sites (tertiary alicyclic amines) is 1. The number of fused-ring (bicyclic) bond motifs is 1. The molecule has 2 N–H and O–H groups in total. The molecular weight excluding hydrogens is 550 g/mol. The summed E-state index contributed by atoms with van der Waals surface area (Å²) in [5.74, 6) is 1.39. The Labute approximate surface area is 249 Å². The molecule has 13 heteroatoms. The molecule has 0 unspecified atom stereocenters. The normalized spacial score (nSPS) is 17.6. The van der Waals surface area contributed by atoms with E-state index >= 15 is 0 Å². The van der Waals surface area contributed by atoms with Gasteiger partial charge < -0.3 is 29.9 Å². The van der Waals surface area contributed by atoms with Gasteiger partial charge in [0.1, 0.15) is 5.82 Å². The third-order valence-electron chi connectivity index (χ3n) is 7.73. The number of nitrogens with zero attached hydrogens (tertiary/aromatic N) is 7. The van der Waals surface area contributed by atoms with Crippen molar-refractivity contribution in [3.8, 4) is 11.4 Å². The molecule has 6 rings (SSSR count). The first-order valence-corrected chi connectivity index (χ1v) is 14.6. The lowest BCUT2D eigenvalue weighted by atomic mass is 10.1. The number of anilines is 3. The Kier molecular flexibility index (Phi) is 8.31. The number of benzene rings is 1. The average molecular weight is 586 g/mol. The van der Waals surface area contributed by atoms with Gasteiger partial charge in [-0.15, -0.1) is 0 Å². The minimum Gasteiger partial charge on any atom is -0.450 e. The summed E-state index contributed by atoms with van der Waals surface area (Å²) in [7, 11) is 0. The zero-order chi connectivity index (χ0) is 29.8. The molecule has 3 amide bonds. The van der Waals surface area contributed by atoms with Gasteiger partial charge in [0.25, 0.3) is 0 Å². The molecule has 2 fully saturated rings. The van der Waals surface area contributed by atoms with Crippen molar-refractivity contribution in [2.75, 3.05) is 55.0 Å². The van der Waals surface area contributed by atoms with Gasteiger partial charge in [0.15, 0.2) is 11.5 Å². The first-order valence-electron chi connectivity index (χ1n) is 14.6. The van der Waals surface area contributed by atoms with Crippen LogP contribution in [0.3, 0.4) is 0 Å². The molecule has 0 radical (unpaired) electrons. The molecular formula is C30H35N9O4. The van der Waals surface area contributed by atoms with E-state index in [0.717, 1.165) is 35.3 Å². The van der Waals surface area contributed by atoms with Crippen LogP contribution in [0.15, 0.2) is 55.0 Å². The fourth-order valence-electron chi connectivity index (χ4n) is 5.51. The number of hydrogen-bond acceptors (Lipinski definition) is 9. The Bertz CT molecular complexity index is 1570. The highest BCUT2D eigenvalue weighted by molar-refractivity contribution is 5.99. The fourth-order valence-corrected chi connectivity index (χ4v) is 5.51. The maximum Gasteiger partial charge on any atom is 0.409 e. The maximum atomic E-state index is 12.5. The van der Waals surface area contributed by atoms with Crippen molar-refractivity contribution in [1.29, 1.82) is 0 Å². The molecule has 43 heavy (non-hydrogen) atoms. The predicted octanol–water partition coefficient (Wildman–Crippen LogP) is 4.55. The smallest absolute Gasteiger partial charge is 0.409 e. The summed E-state index contributed by atoms with van der Waals surface area (Å²) >= 11 is 0. The molecule has 2 aliphatic heterocycles. The van der Waals surface area contributed by atoms with Crippen molar-refractivity contribution >= 4 is 40.4 Å². The zero-order valence-corrected chi connectivity index (χ0v) is 24.3. The lowest BCUT2D eigenvalue weighted by Gasteiger charge is -2.34. The Balaban J connectivity index is 1.28. The van der Waals surface area contributed by atoms with E-state index < -0.39 is 0 Å². The SMILES string of the molecule is CCOC(=O)N1CCC(n2ncc3c(N4CCOC[C@H]4C)nc(-c4ccc(NC(=O)Nc5cccnc5)cc4)nc32)CC1. The van der Waals surface area contributed by atoms with E-state index in [1.54, 1.807) is 29.4 Å². The Hall–Kier alpha value is -4.78. The number of rotatable bonds is 6. The summed E-state index contributed by atoms with van der Waals surface area (Å²) in [4.78, 5) is 42.8. The van der Waals surface area contributed by atoms with Gasteiger partial charge in [0.2, 0.25) is 0 Å². The van der Waals surface area contributed by atoms with Crippen LogP contribution in [0.5, 0.6) is 0 Å². The molecule has 0 saturated carbocycles. The molecule has 13 nitrogen and oxygen atoms in total. The van der Waals surface area contributed by atoms with E-state index in [-0.39, 0.29) is 24.2 Å². The van der Waals surface area contributed by atoms with Gasteiger partial charge in [0.05, 0.1) is 55.4 Å². The van der Waals surface area contributed by atoms with Crippen LogP contribution < -0.4 is 15.5 Å². The number of carbonyl (C=O) groups is 2. The van der Waals surface area contributed by atoms with E-state index in [1.807, 2.05) is 42.1 Å². The van der Waals surface area contributed by atoms with Crippen molar-refractivity contribution in [2.45, 2.75) is 38.8 Å². The van der Waals surface area contributed by atoms with Crippen LogP contribution in [0.1, 0.15) is 32.7 Å². The fraction of sp³-hybridized carbons (Fsp3) is 0.400. The first kappa shape index (κ1) is 28.3. The average Bonchev–Trinajstić information content (AvgIpc) is 3.46. The molecule has 5 heterocycles. The molecule has 4 aromatic rings. The Morgan fingerprint density at radius 3 is 2.53 bits per heavy atom. The molecule has 0 spiro atoms. The summed E-state index contributed by atoms with van der Waals surface area (Å²) in [6, 6.07) is 10.8. The highest BCUT2D eigenvalue weighted by Gasteiger charge is 2.29. The zero-order valence-electron chi connectivity index (χ0n) is 24.3. The number of nitrogens with one attached hydrogen (secondary N) is 2. The summed E-state index contributed by atoms with van der Waals surface area (Å²) in [5.41, 5.74) is 2.80. The Morgan fingerprint density at radius 2 is 1.81 bits per heavy atom. The van der Waals surface area contributed by atoms with Gasteiger partial charge in [-0.05, 0) is 63.1 Å². The minimum absolute atomic E-state index is 0.0887. The van der Waals surface area contributed by atoms with E-state index in [0.29, 0.717) is 56.7 Å². The second kappa shape index (κ2) is 12.6. The molecule has 3 aromatic heterocycles. The number of morpholine rings is 1. The molecule has 2 saturated heterocycles. The number of amides is 3. The molecule has 0 aliphatic carbocycles. The van der Waals surface area contributed by atoms with Gasteiger partial charge in [-0.3, -0.25) is 4.98 Å². The quantitative estimate of drug-likeness (QED) is 0.333. The first-order chi connectivity index (χ1) is 21.0. The summed E-state index contributed by atoms with van der Waals surface area (Å²) < 4.78 is 12.9. The van der Waals surface area contributed by atoms with Crippen molar-refractivity contribution in [2.24, 2.45) is 0 Å². The number of hydrogen-bond donors (Lipinski definition) is 2. The molecule has 2 aliphatic rings. The monoisotopic (exact) mass is 585 g/mol. The van der Waals surface area contributed by atoms with Gasteiger partial charge in [-0.25, -0.2) is 24.2 Å². The maximum absolute atomic E-state index is 12.5. The van der Waals surface area contributed by atoms with E-state index in [1.165, 1.54) is 0 Å². The number of pyridine rings is 1. The van der Waals surface area contributed by atoms with Crippen LogP contribution in [-0.4, -0.2) is 87.3 Å². The largest absolute Gasteiger partial charge is 0.450 e. The van der Waals surface area contributed by atoms with Crippen LogP contribution in [-0.2, 0) is 9.47 Å². The number of carbonyl (C=O) groups excluding carboxylic acids is 2. The third-order valence-corrected chi connectivity index (χ3v) is 7.73. The van der Waals surface area contributed by atoms with E-state index in [9.17, 15) is 9.59 Å². The van der Waals surface area contributed by atoms with Crippen LogP contribution in [0.4, 0.5) is 26.8 Å². The lowest BCUT2D eigenvalue weighted by Crippen LogP contribution is -2.44. The van der Waals surface area contributed by atoms with Gasteiger partial charge in [-0.2, -0.15) is 5.10 Å². The molecule has 0 bridgehead atoms. The highest BCUT2D eigenvalue weighted by atomic mass is 16.6. The Morgan fingerprint density at radius 1 is 1.02 bits per heavy atom. The second-order valence-electron chi connectivity index (χ2n) is 10.6. The topological polar surface area (TPSA) is 140 Å². The van der Waals surface area contributed by atoms with Crippen LogP contribution in [0.25, 0.3) is 22.4 Å². The van der Waals surface area contributed by atoms with E-state index in [2.05, 4.69) is 27.4 Å². The van der Waals surface area contributed by atoms with Crippen molar-refractivity contribution in [1.82, 2.24) is 29.6 Å². The van der Waals surface area contributed by atoms with Crippen LogP contribution in [0, 0.1) is 0 Å². The second-order valence-corrected chi connectivity index (χ2v) is 10.6. The van der Waals surface area contributed by atoms with E-state index in [4.69, 9.17) is 24.5 Å². The molecule has 1 atom stereocenters. The molecule has 224 valence electrons. The summed E-state index contributed by atoms with van der Waals surface area (Å²) in [5, 5.41) is 11.3. The highest BCUT2D eigenvalue weighted by Crippen LogP contribution is 2.33. The third kappa shape index (κ3) is 6.21. The predicted molar refractivity (Wildman–Crippen MR) is 162 cm³/mol. The van der Waals surface area contributed by atoms with Crippen LogP contribution in [0.2, 0.25) is 0 Å². The minimum atomic E-state index is -0.361. The summed E-state index contributed by atoms with van der Waals surface area (Å²) in [6.45, 7) is 7.44. The van der Waals surface area contributed by atoms with Gasteiger partial charge in [0, 0.05) is 37.1 Å². The molecule has 1 aromatic carbocycles. The van der Waals surface area contributed by atoms with Gasteiger partial charge >= 0.3 is 12.1 Å². The van der Waals surface area contributed by atoms with Crippen molar-refractivity contribution < 1.29 is 19.1 Å². The van der Waals surface area contributed by atoms with Crippen molar-refractivity contribution in [3.63, 3.8) is 0 Å². The summed E-state index contributed by atoms with van der Waals surface area (Å²) in [6.07, 6.45) is 6.31.